The van der Waals surface area contributed by atoms with Crippen molar-refractivity contribution in [1.82, 2.24) is 9.29 Å². The van der Waals surface area contributed by atoms with Gasteiger partial charge < -0.3 is 9.47 Å². The van der Waals surface area contributed by atoms with Crippen molar-refractivity contribution in [2.24, 2.45) is 0 Å². The highest BCUT2D eigenvalue weighted by molar-refractivity contribution is 7.89. The Morgan fingerprint density at radius 1 is 1.21 bits per heavy atom. The molecule has 0 N–H and O–H groups in total. The molecule has 3 rings (SSSR count). The van der Waals surface area contributed by atoms with Gasteiger partial charge in [-0.15, -0.1) is 0 Å². The van der Waals surface area contributed by atoms with Crippen molar-refractivity contribution in [3.8, 4) is 5.88 Å². The van der Waals surface area contributed by atoms with E-state index in [2.05, 4.69) is 9.72 Å². The Morgan fingerprint density at radius 3 is 2.52 bits per heavy atom. The number of halogens is 3. The number of carbonyl (C=O) groups is 1. The third-order valence-electron chi connectivity index (χ3n) is 4.37. The number of aromatic nitrogens is 1. The van der Waals surface area contributed by atoms with Crippen molar-refractivity contribution in [3.63, 3.8) is 0 Å². The fourth-order valence-corrected chi connectivity index (χ4v) is 4.35. The number of ether oxygens (including phenoxy) is 2. The molecule has 2 heterocycles. The number of alkyl halides is 3. The zero-order chi connectivity index (χ0) is 21.2. The normalized spacial score (nSPS) is 17.9. The van der Waals surface area contributed by atoms with Crippen molar-refractivity contribution in [2.45, 2.75) is 23.6 Å². The number of carbonyl (C=O) groups excluding carboxylic acids is 1. The van der Waals surface area contributed by atoms with Crippen LogP contribution in [0.4, 0.5) is 13.2 Å². The molecule has 0 bridgehead atoms. The molecule has 1 atom stereocenters. The Labute approximate surface area is 165 Å². The standard InChI is InChI=1S/C18H17F3N2O5S/c1-27-17(24)12-2-4-15(5-3-12)29(25,26)23-9-7-14(11-23)28-16-10-13(6-8-22-16)18(19,20)21/h2-6,8,10,14H,7,9,11H2,1H3. The van der Waals surface area contributed by atoms with Gasteiger partial charge >= 0.3 is 12.1 Å². The fraction of sp³-hybridized carbons (Fsp3) is 0.333. The average Bonchev–Trinajstić information content (AvgIpc) is 3.16. The lowest BCUT2D eigenvalue weighted by molar-refractivity contribution is -0.137. The van der Waals surface area contributed by atoms with Crippen LogP contribution in [0.3, 0.4) is 0 Å². The summed E-state index contributed by atoms with van der Waals surface area (Å²) in [6.45, 7) is 0.115. The van der Waals surface area contributed by atoms with Crippen molar-refractivity contribution in [2.75, 3.05) is 20.2 Å². The molecule has 2 aromatic rings. The van der Waals surface area contributed by atoms with Gasteiger partial charge in [-0.1, -0.05) is 0 Å². The largest absolute Gasteiger partial charge is 0.473 e. The second-order valence-electron chi connectivity index (χ2n) is 6.29. The van der Waals surface area contributed by atoms with Crippen molar-refractivity contribution < 1.29 is 35.9 Å². The number of pyridine rings is 1. The Bertz CT molecular complexity index is 993. The first-order valence-electron chi connectivity index (χ1n) is 8.49. The molecule has 1 unspecified atom stereocenters. The van der Waals surface area contributed by atoms with Crippen LogP contribution in [0.25, 0.3) is 0 Å². The molecule has 0 saturated carbocycles. The van der Waals surface area contributed by atoms with Crippen molar-refractivity contribution in [3.05, 3.63) is 53.7 Å². The van der Waals surface area contributed by atoms with Gasteiger partial charge in [0.05, 0.1) is 29.7 Å². The smallest absolute Gasteiger partial charge is 0.416 e. The van der Waals surface area contributed by atoms with Crippen LogP contribution >= 0.6 is 0 Å². The highest BCUT2D eigenvalue weighted by Gasteiger charge is 2.35. The van der Waals surface area contributed by atoms with Crippen LogP contribution in [0.5, 0.6) is 5.88 Å². The lowest BCUT2D eigenvalue weighted by atomic mass is 10.2. The Kier molecular flexibility index (Phi) is 5.80. The quantitative estimate of drug-likeness (QED) is 0.678. The maximum atomic E-state index is 12.8. The van der Waals surface area contributed by atoms with Gasteiger partial charge in [-0.05, 0) is 36.8 Å². The summed E-state index contributed by atoms with van der Waals surface area (Å²) < 4.78 is 75.1. The average molecular weight is 430 g/mol. The van der Waals surface area contributed by atoms with E-state index < -0.39 is 33.8 Å². The van der Waals surface area contributed by atoms with E-state index >= 15 is 0 Å². The van der Waals surface area contributed by atoms with Crippen molar-refractivity contribution in [1.29, 1.82) is 0 Å². The first-order valence-corrected chi connectivity index (χ1v) is 9.93. The van der Waals surface area contributed by atoms with E-state index in [0.717, 1.165) is 18.3 Å². The SMILES string of the molecule is COC(=O)c1ccc(S(=O)(=O)N2CCC(Oc3cc(C(F)(F)F)ccn3)C2)cc1. The van der Waals surface area contributed by atoms with E-state index in [1.165, 1.54) is 35.7 Å². The third-order valence-corrected chi connectivity index (χ3v) is 6.25. The predicted molar refractivity (Wildman–Crippen MR) is 94.8 cm³/mol. The Hall–Kier alpha value is -2.66. The van der Waals surface area contributed by atoms with E-state index in [4.69, 9.17) is 4.74 Å². The number of nitrogens with zero attached hydrogens (tertiary/aromatic N) is 2. The lowest BCUT2D eigenvalue weighted by Gasteiger charge is -2.17. The summed E-state index contributed by atoms with van der Waals surface area (Å²) in [5.74, 6) is -0.802. The van der Waals surface area contributed by atoms with Gasteiger partial charge in [-0.2, -0.15) is 17.5 Å². The van der Waals surface area contributed by atoms with Crippen LogP contribution in [0.2, 0.25) is 0 Å². The summed E-state index contributed by atoms with van der Waals surface area (Å²) in [4.78, 5) is 15.2. The van der Waals surface area contributed by atoms with Gasteiger partial charge in [-0.3, -0.25) is 0 Å². The summed E-state index contributed by atoms with van der Waals surface area (Å²) >= 11 is 0. The van der Waals surface area contributed by atoms with E-state index in [1.807, 2.05) is 0 Å². The number of esters is 1. The maximum absolute atomic E-state index is 12.8. The van der Waals surface area contributed by atoms with Crippen LogP contribution in [0.1, 0.15) is 22.3 Å². The second kappa shape index (κ2) is 7.99. The van der Waals surface area contributed by atoms with Gasteiger partial charge in [0.2, 0.25) is 15.9 Å². The molecule has 0 spiro atoms. The molecular weight excluding hydrogens is 413 g/mol. The minimum absolute atomic E-state index is 0.0111. The number of benzene rings is 1. The summed E-state index contributed by atoms with van der Waals surface area (Å²) in [5, 5.41) is 0. The molecule has 0 amide bonds. The molecule has 7 nitrogen and oxygen atoms in total. The second-order valence-corrected chi connectivity index (χ2v) is 8.23. The number of methoxy groups -OCH3 is 1. The number of rotatable bonds is 5. The van der Waals surface area contributed by atoms with Crippen LogP contribution in [0.15, 0.2) is 47.5 Å². The first kappa shape index (κ1) is 21.1. The molecule has 1 aliphatic rings. The van der Waals surface area contributed by atoms with Crippen LogP contribution in [0, 0.1) is 0 Å². The number of sulfonamides is 1. The molecule has 1 aromatic heterocycles. The zero-order valence-corrected chi connectivity index (χ0v) is 16.0. The molecule has 156 valence electrons. The van der Waals surface area contributed by atoms with Gasteiger partial charge in [0.1, 0.15) is 6.10 Å². The highest BCUT2D eigenvalue weighted by atomic mass is 32.2. The van der Waals surface area contributed by atoms with E-state index in [9.17, 15) is 26.4 Å². The van der Waals surface area contributed by atoms with Gasteiger partial charge in [0.25, 0.3) is 0 Å². The minimum atomic E-state index is -4.53. The molecular formula is C18H17F3N2O5S. The van der Waals surface area contributed by atoms with E-state index in [0.29, 0.717) is 6.42 Å². The third kappa shape index (κ3) is 4.67. The van der Waals surface area contributed by atoms with E-state index in [1.54, 1.807) is 0 Å². The molecule has 11 heteroatoms. The zero-order valence-electron chi connectivity index (χ0n) is 15.2. The first-order chi connectivity index (χ1) is 13.6. The Balaban J connectivity index is 1.69. The number of hydrogen-bond donors (Lipinski definition) is 0. The molecule has 1 saturated heterocycles. The summed E-state index contributed by atoms with van der Waals surface area (Å²) in [6, 6.07) is 6.89. The predicted octanol–water partition coefficient (Wildman–Crippen LogP) is 2.73. The van der Waals surface area contributed by atoms with Crippen LogP contribution in [-0.2, 0) is 20.9 Å². The van der Waals surface area contributed by atoms with Crippen LogP contribution < -0.4 is 4.74 Å². The highest BCUT2D eigenvalue weighted by Crippen LogP contribution is 2.31. The van der Waals surface area contributed by atoms with Gasteiger partial charge in [0, 0.05) is 18.8 Å². The monoisotopic (exact) mass is 430 g/mol. The van der Waals surface area contributed by atoms with Crippen LogP contribution in [-0.4, -0.2) is 50.0 Å². The fourth-order valence-electron chi connectivity index (χ4n) is 2.86. The van der Waals surface area contributed by atoms with Gasteiger partial charge in [0.15, 0.2) is 0 Å². The topological polar surface area (TPSA) is 85.8 Å². The minimum Gasteiger partial charge on any atom is -0.473 e. The molecule has 0 aliphatic carbocycles. The Morgan fingerprint density at radius 2 is 1.90 bits per heavy atom. The number of hydrogen-bond acceptors (Lipinski definition) is 6. The summed E-state index contributed by atoms with van der Waals surface area (Å²) in [5.41, 5.74) is -0.680. The lowest BCUT2D eigenvalue weighted by Crippen LogP contribution is -2.31. The molecule has 0 radical (unpaired) electrons. The molecule has 1 fully saturated rings. The van der Waals surface area contributed by atoms with E-state index in [-0.39, 0.29) is 29.4 Å². The summed E-state index contributed by atoms with van der Waals surface area (Å²) in [7, 11) is -2.62. The van der Waals surface area contributed by atoms with Crippen molar-refractivity contribution >= 4 is 16.0 Å². The molecule has 1 aliphatic heterocycles. The molecule has 1 aromatic carbocycles. The maximum Gasteiger partial charge on any atom is 0.416 e. The van der Waals surface area contributed by atoms with Gasteiger partial charge in [-0.25, -0.2) is 18.2 Å². The summed E-state index contributed by atoms with van der Waals surface area (Å²) in [6.07, 6.45) is -3.86. The molecule has 29 heavy (non-hydrogen) atoms.